The van der Waals surface area contributed by atoms with E-state index < -0.39 is 9.84 Å². The smallest absolute Gasteiger partial charge is 0.220 e. The van der Waals surface area contributed by atoms with Gasteiger partial charge in [-0.15, -0.1) is 0 Å². The zero-order chi connectivity index (χ0) is 20.6. The zero-order valence-electron chi connectivity index (χ0n) is 17.0. The molecule has 1 amide bonds. The average molecular weight is 409 g/mol. The fourth-order valence-electron chi connectivity index (χ4n) is 3.44. The Morgan fingerprint density at radius 3 is 2.43 bits per heavy atom. The maximum absolute atomic E-state index is 12.7. The number of carbonyl (C=O) groups excluding carboxylic acids is 1. The molecule has 1 unspecified atom stereocenters. The molecule has 1 aliphatic rings. The van der Waals surface area contributed by atoms with E-state index in [-0.39, 0.29) is 17.7 Å². The van der Waals surface area contributed by atoms with Crippen molar-refractivity contribution in [3.05, 3.63) is 30.3 Å². The molecule has 28 heavy (non-hydrogen) atoms. The summed E-state index contributed by atoms with van der Waals surface area (Å²) in [5.74, 6) is 1.22. The van der Waals surface area contributed by atoms with Gasteiger partial charge in [0.25, 0.3) is 0 Å². The predicted octanol–water partition coefficient (Wildman–Crippen LogP) is 1.66. The Morgan fingerprint density at radius 1 is 1.25 bits per heavy atom. The average Bonchev–Trinajstić information content (AvgIpc) is 2.72. The first-order valence-corrected chi connectivity index (χ1v) is 11.5. The number of sulfone groups is 1. The topological polar surface area (TPSA) is 90.9 Å². The molecule has 0 radical (unpaired) electrons. The number of likely N-dealkylation sites (tertiary alicyclic amines) is 1. The summed E-state index contributed by atoms with van der Waals surface area (Å²) in [5, 5.41) is 6.01. The first kappa shape index (κ1) is 22.2. The van der Waals surface area contributed by atoms with Crippen molar-refractivity contribution in [1.29, 1.82) is 0 Å². The third-order valence-electron chi connectivity index (χ3n) is 5.23. The number of hydrogen-bond donors (Lipinski definition) is 2. The van der Waals surface area contributed by atoms with Gasteiger partial charge in [-0.2, -0.15) is 0 Å². The van der Waals surface area contributed by atoms with Gasteiger partial charge in [-0.25, -0.2) is 8.42 Å². The number of nitrogens with zero attached hydrogens (tertiary/aromatic N) is 2. The molecule has 0 aliphatic carbocycles. The second-order valence-corrected chi connectivity index (χ2v) is 9.23. The van der Waals surface area contributed by atoms with E-state index >= 15 is 0 Å². The Hall–Kier alpha value is -2.09. The second kappa shape index (κ2) is 10.5. The highest BCUT2D eigenvalue weighted by atomic mass is 32.2. The van der Waals surface area contributed by atoms with E-state index in [0.717, 1.165) is 31.9 Å². The minimum Gasteiger partial charge on any atom is -0.359 e. The molecule has 1 saturated heterocycles. The number of guanidine groups is 1. The molecule has 2 rings (SSSR count). The molecule has 2 N–H and O–H groups in total. The SMILES string of the molecule is CCC(CS(=O)(=O)c1ccccc1)NC(=NC)N1CCC(CC(=O)NC)CC1. The summed E-state index contributed by atoms with van der Waals surface area (Å²) in [7, 11) is 0.0221. The van der Waals surface area contributed by atoms with E-state index in [1.54, 1.807) is 38.4 Å². The van der Waals surface area contributed by atoms with E-state index in [4.69, 9.17) is 0 Å². The van der Waals surface area contributed by atoms with Crippen LogP contribution in [0, 0.1) is 5.92 Å². The minimum absolute atomic E-state index is 0.0274. The van der Waals surface area contributed by atoms with Gasteiger partial charge in [0.15, 0.2) is 15.8 Å². The molecule has 1 aromatic carbocycles. The van der Waals surface area contributed by atoms with Crippen molar-refractivity contribution in [2.24, 2.45) is 10.9 Å². The number of amides is 1. The molecule has 0 saturated carbocycles. The lowest BCUT2D eigenvalue weighted by Crippen LogP contribution is -2.50. The van der Waals surface area contributed by atoms with Crippen molar-refractivity contribution < 1.29 is 13.2 Å². The number of carbonyl (C=O) groups is 1. The summed E-state index contributed by atoms with van der Waals surface area (Å²) in [6.45, 7) is 3.59. The van der Waals surface area contributed by atoms with Crippen LogP contribution in [0.3, 0.4) is 0 Å². The van der Waals surface area contributed by atoms with E-state index in [1.165, 1.54) is 0 Å². The fourth-order valence-corrected chi connectivity index (χ4v) is 5.06. The van der Waals surface area contributed by atoms with Crippen LogP contribution < -0.4 is 10.6 Å². The molecule has 0 spiro atoms. The molecule has 7 nitrogen and oxygen atoms in total. The predicted molar refractivity (Wildman–Crippen MR) is 112 cm³/mol. The van der Waals surface area contributed by atoms with Gasteiger partial charge in [0.1, 0.15) is 0 Å². The summed E-state index contributed by atoms with van der Waals surface area (Å²) in [6, 6.07) is 8.34. The maximum Gasteiger partial charge on any atom is 0.220 e. The van der Waals surface area contributed by atoms with Crippen LogP contribution in [0.5, 0.6) is 0 Å². The molecule has 0 bridgehead atoms. The van der Waals surface area contributed by atoms with Crippen molar-refractivity contribution in [3.8, 4) is 0 Å². The van der Waals surface area contributed by atoms with Gasteiger partial charge in [-0.05, 0) is 37.3 Å². The first-order valence-electron chi connectivity index (χ1n) is 9.86. The molecule has 1 aliphatic heterocycles. The van der Waals surface area contributed by atoms with Crippen LogP contribution in [0.2, 0.25) is 0 Å². The van der Waals surface area contributed by atoms with Crippen LogP contribution in [0.15, 0.2) is 40.2 Å². The van der Waals surface area contributed by atoms with Gasteiger partial charge in [0.05, 0.1) is 10.6 Å². The summed E-state index contributed by atoms with van der Waals surface area (Å²) in [6.07, 6.45) is 3.09. The molecule has 1 heterocycles. The normalized spacial score (nSPS) is 17.2. The number of benzene rings is 1. The summed E-state index contributed by atoms with van der Waals surface area (Å²) < 4.78 is 25.4. The summed E-state index contributed by atoms with van der Waals surface area (Å²) >= 11 is 0. The quantitative estimate of drug-likeness (QED) is 0.529. The third kappa shape index (κ3) is 6.22. The molecule has 1 fully saturated rings. The number of aliphatic imine (C=N–C) groups is 1. The van der Waals surface area contributed by atoms with Gasteiger partial charge in [-0.3, -0.25) is 9.79 Å². The Labute approximate surface area is 168 Å². The van der Waals surface area contributed by atoms with Crippen molar-refractivity contribution in [2.75, 3.05) is 32.9 Å². The molecule has 0 aromatic heterocycles. The van der Waals surface area contributed by atoms with Crippen molar-refractivity contribution >= 4 is 21.7 Å². The highest BCUT2D eigenvalue weighted by Gasteiger charge is 2.26. The van der Waals surface area contributed by atoms with Gasteiger partial charge >= 0.3 is 0 Å². The largest absolute Gasteiger partial charge is 0.359 e. The van der Waals surface area contributed by atoms with Crippen LogP contribution in [-0.4, -0.2) is 64.2 Å². The summed E-state index contributed by atoms with van der Waals surface area (Å²) in [5.41, 5.74) is 0. The molecular weight excluding hydrogens is 376 g/mol. The van der Waals surface area contributed by atoms with Gasteiger partial charge in [-0.1, -0.05) is 25.1 Å². The molecule has 8 heteroatoms. The lowest BCUT2D eigenvalue weighted by atomic mass is 9.93. The lowest BCUT2D eigenvalue weighted by Gasteiger charge is -2.35. The molecule has 156 valence electrons. The lowest BCUT2D eigenvalue weighted by molar-refractivity contribution is -0.121. The Kier molecular flexibility index (Phi) is 8.29. The van der Waals surface area contributed by atoms with Gasteiger partial charge in [0.2, 0.25) is 5.91 Å². The number of rotatable bonds is 7. The van der Waals surface area contributed by atoms with Crippen LogP contribution in [0.1, 0.15) is 32.6 Å². The third-order valence-corrected chi connectivity index (χ3v) is 7.06. The maximum atomic E-state index is 12.7. The van der Waals surface area contributed by atoms with Gasteiger partial charge < -0.3 is 15.5 Å². The molecule has 1 aromatic rings. The van der Waals surface area contributed by atoms with Crippen LogP contribution in [-0.2, 0) is 14.6 Å². The standard InChI is InChI=1S/C20H32N4O3S/c1-4-17(15-28(26,27)18-8-6-5-7-9-18)23-20(22-3)24-12-10-16(11-13-24)14-19(25)21-2/h5-9,16-17H,4,10-15H2,1-3H3,(H,21,25)(H,22,23). The Morgan fingerprint density at radius 2 is 1.89 bits per heavy atom. The van der Waals surface area contributed by atoms with Crippen molar-refractivity contribution in [2.45, 2.75) is 43.5 Å². The minimum atomic E-state index is -3.36. The van der Waals surface area contributed by atoms with Crippen LogP contribution in [0.25, 0.3) is 0 Å². The van der Waals surface area contributed by atoms with E-state index in [2.05, 4.69) is 20.5 Å². The van der Waals surface area contributed by atoms with Crippen LogP contribution >= 0.6 is 0 Å². The van der Waals surface area contributed by atoms with Crippen LogP contribution in [0.4, 0.5) is 0 Å². The zero-order valence-corrected chi connectivity index (χ0v) is 17.8. The van der Waals surface area contributed by atoms with E-state index in [9.17, 15) is 13.2 Å². The second-order valence-electron chi connectivity index (χ2n) is 7.20. The fraction of sp³-hybridized carbons (Fsp3) is 0.600. The highest BCUT2D eigenvalue weighted by Crippen LogP contribution is 2.21. The Bertz CT molecular complexity index is 757. The number of piperidine rings is 1. The van der Waals surface area contributed by atoms with Crippen molar-refractivity contribution in [3.63, 3.8) is 0 Å². The van der Waals surface area contributed by atoms with Gasteiger partial charge in [0, 0.05) is 39.6 Å². The van der Waals surface area contributed by atoms with E-state index in [1.807, 2.05) is 13.0 Å². The first-order chi connectivity index (χ1) is 13.4. The number of hydrogen-bond acceptors (Lipinski definition) is 4. The number of nitrogens with one attached hydrogen (secondary N) is 2. The Balaban J connectivity index is 1.95. The summed E-state index contributed by atoms with van der Waals surface area (Å²) in [4.78, 5) is 18.4. The molecular formula is C20H32N4O3S. The van der Waals surface area contributed by atoms with Crippen molar-refractivity contribution in [1.82, 2.24) is 15.5 Å². The monoisotopic (exact) mass is 408 g/mol. The highest BCUT2D eigenvalue weighted by molar-refractivity contribution is 7.91. The van der Waals surface area contributed by atoms with E-state index in [0.29, 0.717) is 23.7 Å². The molecule has 1 atom stereocenters.